The topological polar surface area (TPSA) is 98.9 Å². The summed E-state index contributed by atoms with van der Waals surface area (Å²) in [4.78, 5) is 21.8. The van der Waals surface area contributed by atoms with Gasteiger partial charge < -0.3 is 19.9 Å². The van der Waals surface area contributed by atoms with Crippen molar-refractivity contribution in [3.05, 3.63) is 36.2 Å². The van der Waals surface area contributed by atoms with Gasteiger partial charge in [-0.25, -0.2) is 14.6 Å². The van der Waals surface area contributed by atoms with Gasteiger partial charge in [0.15, 0.2) is 5.65 Å². The fraction of sp³-hybridized carbons (Fsp3) is 0.500. The van der Waals surface area contributed by atoms with E-state index in [4.69, 9.17) is 4.74 Å². The van der Waals surface area contributed by atoms with Gasteiger partial charge in [-0.15, -0.1) is 0 Å². The van der Waals surface area contributed by atoms with Crippen molar-refractivity contribution in [1.29, 1.82) is 0 Å². The number of aryl methyl sites for hydroxylation is 2. The second kappa shape index (κ2) is 8.60. The number of nitrogens with zero attached hydrogens (tertiary/aromatic N) is 5. The quantitative estimate of drug-likeness (QED) is 0.630. The molecule has 2 N–H and O–H groups in total. The van der Waals surface area contributed by atoms with Crippen LogP contribution in [0.5, 0.6) is 0 Å². The number of hydrogen-bond acceptors (Lipinski definition) is 6. The van der Waals surface area contributed by atoms with Gasteiger partial charge in [0.2, 0.25) is 0 Å². The van der Waals surface area contributed by atoms with Crippen LogP contribution in [-0.2, 0) is 24.8 Å². The number of aromatic nitrogens is 5. The Balaban J connectivity index is 1.56. The summed E-state index contributed by atoms with van der Waals surface area (Å²) in [6.45, 7) is 4.72. The zero-order valence-electron chi connectivity index (χ0n) is 16.9. The van der Waals surface area contributed by atoms with E-state index >= 15 is 0 Å². The maximum absolute atomic E-state index is 13.0. The number of imidazole rings is 1. The number of ether oxygens (including phenoxy) is 1. The molecule has 4 rings (SSSR count). The number of hydrogen-bond donors (Lipinski definition) is 2. The van der Waals surface area contributed by atoms with Crippen LogP contribution in [0, 0.1) is 0 Å². The third-order valence-corrected chi connectivity index (χ3v) is 5.21. The molecule has 0 aliphatic carbocycles. The molecule has 1 saturated heterocycles. The summed E-state index contributed by atoms with van der Waals surface area (Å²) in [6, 6.07) is 0.263. The van der Waals surface area contributed by atoms with Crippen LogP contribution in [0.3, 0.4) is 0 Å². The van der Waals surface area contributed by atoms with E-state index in [1.165, 1.54) is 0 Å². The Kier molecular flexibility index (Phi) is 5.75. The molecule has 0 saturated carbocycles. The number of carbonyl (C=O) groups is 1. The minimum absolute atomic E-state index is 0.144. The first-order valence-corrected chi connectivity index (χ1v) is 10.1. The molecule has 0 atom stereocenters. The molecule has 0 bridgehead atoms. The average Bonchev–Trinajstić information content (AvgIpc) is 3.34. The number of pyridine rings is 1. The van der Waals surface area contributed by atoms with E-state index < -0.39 is 0 Å². The predicted octanol–water partition coefficient (Wildman–Crippen LogP) is 1.75. The monoisotopic (exact) mass is 397 g/mol. The van der Waals surface area contributed by atoms with Crippen LogP contribution in [0.2, 0.25) is 0 Å². The van der Waals surface area contributed by atoms with Gasteiger partial charge in [0.05, 0.1) is 34.9 Å². The first kappa shape index (κ1) is 19.4. The standard InChI is InChI=1S/C20H27N7O2/c1-3-27-19-16(11-24-27)18(25-14-5-8-29-9-6-14)17(10-22-19)20(28)21-7-4-15-12-26(2)13-23-15/h10-14H,3-9H2,1-2H3,(H,21,28)(H,22,25). The summed E-state index contributed by atoms with van der Waals surface area (Å²) in [5.74, 6) is -0.144. The summed E-state index contributed by atoms with van der Waals surface area (Å²) in [5, 5.41) is 11.9. The van der Waals surface area contributed by atoms with Gasteiger partial charge in [-0.05, 0) is 19.8 Å². The molecule has 1 amide bonds. The second-order valence-corrected chi connectivity index (χ2v) is 7.31. The molecule has 154 valence electrons. The Morgan fingerprint density at radius 1 is 1.28 bits per heavy atom. The van der Waals surface area contributed by atoms with E-state index in [0.717, 1.165) is 55.0 Å². The van der Waals surface area contributed by atoms with Crippen molar-refractivity contribution in [2.24, 2.45) is 7.05 Å². The first-order valence-electron chi connectivity index (χ1n) is 10.1. The fourth-order valence-electron chi connectivity index (χ4n) is 3.63. The van der Waals surface area contributed by atoms with Gasteiger partial charge in [0.25, 0.3) is 5.91 Å². The zero-order valence-corrected chi connectivity index (χ0v) is 16.9. The van der Waals surface area contributed by atoms with E-state index in [2.05, 4.69) is 25.7 Å². The molecular weight excluding hydrogens is 370 g/mol. The maximum Gasteiger partial charge on any atom is 0.254 e. The molecule has 4 heterocycles. The Bertz CT molecular complexity index is 988. The highest BCUT2D eigenvalue weighted by molar-refractivity contribution is 6.06. The minimum atomic E-state index is -0.144. The Morgan fingerprint density at radius 2 is 2.10 bits per heavy atom. The van der Waals surface area contributed by atoms with Crippen LogP contribution in [0.25, 0.3) is 11.0 Å². The normalized spacial score (nSPS) is 15.0. The number of nitrogens with one attached hydrogen (secondary N) is 2. The number of anilines is 1. The summed E-state index contributed by atoms with van der Waals surface area (Å²) in [5.41, 5.74) is 3.08. The molecular formula is C20H27N7O2. The number of amides is 1. The van der Waals surface area contributed by atoms with Gasteiger partial charge in [-0.3, -0.25) is 4.79 Å². The lowest BCUT2D eigenvalue weighted by atomic mass is 10.1. The highest BCUT2D eigenvalue weighted by Crippen LogP contribution is 2.28. The van der Waals surface area contributed by atoms with Gasteiger partial charge in [-0.1, -0.05) is 0 Å². The maximum atomic E-state index is 13.0. The van der Waals surface area contributed by atoms with Crippen LogP contribution < -0.4 is 10.6 Å². The highest BCUT2D eigenvalue weighted by Gasteiger charge is 2.22. The molecule has 1 aliphatic rings. The average molecular weight is 397 g/mol. The zero-order chi connectivity index (χ0) is 20.2. The van der Waals surface area contributed by atoms with Crippen molar-refractivity contribution in [2.75, 3.05) is 25.1 Å². The smallest absolute Gasteiger partial charge is 0.254 e. The largest absolute Gasteiger partial charge is 0.381 e. The molecule has 9 nitrogen and oxygen atoms in total. The summed E-state index contributed by atoms with van der Waals surface area (Å²) in [7, 11) is 1.93. The molecule has 0 aromatic carbocycles. The molecule has 3 aromatic heterocycles. The van der Waals surface area contributed by atoms with Crippen molar-refractivity contribution in [2.45, 2.75) is 38.8 Å². The van der Waals surface area contributed by atoms with E-state index in [0.29, 0.717) is 18.5 Å². The summed E-state index contributed by atoms with van der Waals surface area (Å²) < 4.78 is 9.20. The van der Waals surface area contributed by atoms with Gasteiger partial charge in [0, 0.05) is 58.2 Å². The Labute approximate surface area is 169 Å². The minimum Gasteiger partial charge on any atom is -0.381 e. The van der Waals surface area contributed by atoms with Crippen LogP contribution in [-0.4, -0.2) is 56.0 Å². The third-order valence-electron chi connectivity index (χ3n) is 5.21. The number of carbonyl (C=O) groups excluding carboxylic acids is 1. The SMILES string of the molecule is CCn1ncc2c(NC3CCOCC3)c(C(=O)NCCc3cn(C)cn3)cnc21. The van der Waals surface area contributed by atoms with Crippen molar-refractivity contribution < 1.29 is 9.53 Å². The number of rotatable bonds is 7. The lowest BCUT2D eigenvalue weighted by molar-refractivity contribution is 0.0904. The lowest BCUT2D eigenvalue weighted by Gasteiger charge is -2.25. The molecule has 1 fully saturated rings. The van der Waals surface area contributed by atoms with Crippen molar-refractivity contribution in [3.63, 3.8) is 0 Å². The van der Waals surface area contributed by atoms with Crippen LogP contribution >= 0.6 is 0 Å². The van der Waals surface area contributed by atoms with Crippen molar-refractivity contribution in [1.82, 2.24) is 29.6 Å². The Morgan fingerprint density at radius 3 is 2.83 bits per heavy atom. The molecule has 3 aromatic rings. The lowest BCUT2D eigenvalue weighted by Crippen LogP contribution is -2.31. The molecule has 0 radical (unpaired) electrons. The molecule has 0 unspecified atom stereocenters. The third kappa shape index (κ3) is 4.24. The van der Waals surface area contributed by atoms with Crippen LogP contribution in [0.1, 0.15) is 35.8 Å². The predicted molar refractivity (Wildman–Crippen MR) is 110 cm³/mol. The van der Waals surface area contributed by atoms with E-state index in [1.807, 2.05) is 29.4 Å². The number of fused-ring (bicyclic) bond motifs is 1. The Hall–Kier alpha value is -2.94. The molecule has 1 aliphatic heterocycles. The molecule has 29 heavy (non-hydrogen) atoms. The van der Waals surface area contributed by atoms with E-state index in [9.17, 15) is 4.79 Å². The first-order chi connectivity index (χ1) is 14.2. The van der Waals surface area contributed by atoms with Crippen molar-refractivity contribution in [3.8, 4) is 0 Å². The van der Waals surface area contributed by atoms with Crippen LogP contribution in [0.4, 0.5) is 5.69 Å². The second-order valence-electron chi connectivity index (χ2n) is 7.31. The van der Waals surface area contributed by atoms with Gasteiger partial charge >= 0.3 is 0 Å². The summed E-state index contributed by atoms with van der Waals surface area (Å²) in [6.07, 6.45) is 9.65. The van der Waals surface area contributed by atoms with E-state index in [1.54, 1.807) is 18.7 Å². The molecule has 9 heteroatoms. The molecule has 0 spiro atoms. The van der Waals surface area contributed by atoms with Crippen LogP contribution in [0.15, 0.2) is 24.9 Å². The summed E-state index contributed by atoms with van der Waals surface area (Å²) >= 11 is 0. The van der Waals surface area contributed by atoms with Gasteiger partial charge in [0.1, 0.15) is 0 Å². The van der Waals surface area contributed by atoms with Crippen molar-refractivity contribution >= 4 is 22.6 Å². The fourth-order valence-corrected chi connectivity index (χ4v) is 3.63. The van der Waals surface area contributed by atoms with Gasteiger partial charge in [-0.2, -0.15) is 5.10 Å². The highest BCUT2D eigenvalue weighted by atomic mass is 16.5. The van der Waals surface area contributed by atoms with E-state index in [-0.39, 0.29) is 11.9 Å².